The molecule has 2 aromatic rings. The summed E-state index contributed by atoms with van der Waals surface area (Å²) in [6, 6.07) is 7.26. The molecule has 1 aromatic heterocycles. The number of rotatable bonds is 12. The summed E-state index contributed by atoms with van der Waals surface area (Å²) in [7, 11) is 0. The Morgan fingerprint density at radius 1 is 1.00 bits per heavy atom. The first-order valence-corrected chi connectivity index (χ1v) is 11.7. The Bertz CT molecular complexity index is 821. The van der Waals surface area contributed by atoms with Crippen LogP contribution in [0.25, 0.3) is 10.6 Å². The lowest BCUT2D eigenvalue weighted by molar-refractivity contribution is -0.129. The number of carbonyl (C=O) groups is 2. The van der Waals surface area contributed by atoms with Crippen molar-refractivity contribution in [2.75, 3.05) is 5.32 Å². The molecule has 0 unspecified atom stereocenters. The number of halogens is 1. The molecule has 0 fully saturated rings. The van der Waals surface area contributed by atoms with E-state index in [4.69, 9.17) is 11.6 Å². The van der Waals surface area contributed by atoms with Crippen molar-refractivity contribution in [1.82, 2.24) is 15.5 Å². The summed E-state index contributed by atoms with van der Waals surface area (Å²) in [5, 5.41) is 15.4. The average molecular weight is 451 g/mol. The third-order valence-electron chi connectivity index (χ3n) is 4.76. The molecule has 2 amide bonds. The fourth-order valence-electron chi connectivity index (χ4n) is 2.95. The molecule has 0 saturated carbocycles. The predicted molar refractivity (Wildman–Crippen MR) is 124 cm³/mol. The molecule has 164 valence electrons. The van der Waals surface area contributed by atoms with Crippen molar-refractivity contribution in [3.05, 3.63) is 29.3 Å². The van der Waals surface area contributed by atoms with Crippen molar-refractivity contribution in [2.24, 2.45) is 0 Å². The summed E-state index contributed by atoms with van der Waals surface area (Å²) in [6.45, 7) is 5.57. The number of hydrogen-bond donors (Lipinski definition) is 2. The quantitative estimate of drug-likeness (QED) is 0.398. The number of anilines is 1. The highest BCUT2D eigenvalue weighted by Crippen LogP contribution is 2.27. The van der Waals surface area contributed by atoms with Gasteiger partial charge in [-0.05, 0) is 32.4 Å². The Morgan fingerprint density at radius 2 is 1.63 bits per heavy atom. The van der Waals surface area contributed by atoms with Crippen molar-refractivity contribution in [3.8, 4) is 10.6 Å². The van der Waals surface area contributed by atoms with Crippen molar-refractivity contribution >= 4 is 39.9 Å². The maximum absolute atomic E-state index is 12.6. The Kier molecular flexibility index (Phi) is 9.72. The van der Waals surface area contributed by atoms with Crippen LogP contribution < -0.4 is 10.6 Å². The van der Waals surface area contributed by atoms with Gasteiger partial charge in [-0.2, -0.15) is 0 Å². The summed E-state index contributed by atoms with van der Waals surface area (Å²) in [6.07, 6.45) is 8.48. The second-order valence-corrected chi connectivity index (χ2v) is 9.33. The van der Waals surface area contributed by atoms with Gasteiger partial charge < -0.3 is 5.32 Å². The minimum Gasteiger partial charge on any atom is -0.342 e. The van der Waals surface area contributed by atoms with Crippen LogP contribution in [0.15, 0.2) is 24.3 Å². The van der Waals surface area contributed by atoms with Gasteiger partial charge in [-0.3, -0.25) is 14.9 Å². The molecule has 0 saturated heterocycles. The molecule has 0 spiro atoms. The number of nitrogens with one attached hydrogen (secondary N) is 2. The summed E-state index contributed by atoms with van der Waals surface area (Å²) in [5.41, 5.74) is -0.163. The molecule has 2 N–H and O–H groups in total. The molecule has 0 bridgehead atoms. The van der Waals surface area contributed by atoms with Crippen LogP contribution in [0.1, 0.15) is 72.1 Å². The smallest absolute Gasteiger partial charge is 0.251 e. The Balaban J connectivity index is 1.78. The molecule has 30 heavy (non-hydrogen) atoms. The van der Waals surface area contributed by atoms with Crippen molar-refractivity contribution in [3.63, 3.8) is 0 Å². The normalized spacial score (nSPS) is 11.3. The second kappa shape index (κ2) is 12.0. The van der Waals surface area contributed by atoms with Crippen LogP contribution in [-0.2, 0) is 9.59 Å². The Hall–Kier alpha value is -1.99. The van der Waals surface area contributed by atoms with Crippen molar-refractivity contribution in [1.29, 1.82) is 0 Å². The molecule has 1 heterocycles. The molecule has 0 atom stereocenters. The molecular formula is C22H31ClN4O2S. The lowest BCUT2D eigenvalue weighted by Crippen LogP contribution is -2.52. The van der Waals surface area contributed by atoms with E-state index in [9.17, 15) is 9.59 Å². The monoisotopic (exact) mass is 450 g/mol. The SMILES string of the molecule is CCCCCCCCCC(=O)NC(C)(C)C(=O)Nc1nnc(-c2ccc(Cl)cc2)s1. The summed E-state index contributed by atoms with van der Waals surface area (Å²) in [4.78, 5) is 24.9. The highest BCUT2D eigenvalue weighted by Gasteiger charge is 2.30. The largest absolute Gasteiger partial charge is 0.342 e. The standard InChI is InChI=1S/C22H31ClN4O2S/c1-4-5-6-7-8-9-10-11-18(28)25-22(2,3)20(29)24-21-27-26-19(30-21)16-12-14-17(23)15-13-16/h12-15H,4-11H2,1-3H3,(H,25,28)(H,24,27,29). The van der Waals surface area contributed by atoms with E-state index in [2.05, 4.69) is 27.8 Å². The zero-order chi connectivity index (χ0) is 22.0. The van der Waals surface area contributed by atoms with Crippen molar-refractivity contribution < 1.29 is 9.59 Å². The minimum atomic E-state index is -1.04. The number of aromatic nitrogens is 2. The van der Waals surface area contributed by atoms with Gasteiger partial charge in [0.2, 0.25) is 11.0 Å². The molecule has 0 aliphatic heterocycles. The van der Waals surface area contributed by atoms with Crippen LogP contribution in [0.4, 0.5) is 5.13 Å². The van der Waals surface area contributed by atoms with Gasteiger partial charge in [0.1, 0.15) is 10.5 Å². The molecule has 0 radical (unpaired) electrons. The predicted octanol–water partition coefficient (Wildman–Crippen LogP) is 5.83. The Labute approximate surface area is 187 Å². The van der Waals surface area contributed by atoms with E-state index < -0.39 is 5.54 Å². The molecule has 0 aliphatic rings. The van der Waals surface area contributed by atoms with E-state index in [0.717, 1.165) is 24.8 Å². The first kappa shape index (κ1) is 24.3. The fourth-order valence-corrected chi connectivity index (χ4v) is 3.82. The van der Waals surface area contributed by atoms with Crippen LogP contribution in [-0.4, -0.2) is 27.6 Å². The maximum atomic E-state index is 12.6. The van der Waals surface area contributed by atoms with E-state index in [1.807, 2.05) is 12.1 Å². The summed E-state index contributed by atoms with van der Waals surface area (Å²) < 4.78 is 0. The zero-order valence-electron chi connectivity index (χ0n) is 18.0. The minimum absolute atomic E-state index is 0.108. The Morgan fingerprint density at radius 3 is 2.30 bits per heavy atom. The summed E-state index contributed by atoms with van der Waals surface area (Å²) >= 11 is 7.18. The van der Waals surface area contributed by atoms with Gasteiger partial charge in [0, 0.05) is 17.0 Å². The molecule has 8 heteroatoms. The van der Waals surface area contributed by atoms with Crippen LogP contribution in [0.3, 0.4) is 0 Å². The number of carbonyl (C=O) groups excluding carboxylic acids is 2. The van der Waals surface area contributed by atoms with Crippen molar-refractivity contribution in [2.45, 2.75) is 77.7 Å². The molecular weight excluding hydrogens is 420 g/mol. The molecule has 6 nitrogen and oxygen atoms in total. The van der Waals surface area contributed by atoms with Gasteiger partial charge in [0.15, 0.2) is 0 Å². The third kappa shape index (κ3) is 8.03. The second-order valence-electron chi connectivity index (χ2n) is 7.92. The lowest BCUT2D eigenvalue weighted by Gasteiger charge is -2.24. The maximum Gasteiger partial charge on any atom is 0.251 e. The third-order valence-corrected chi connectivity index (χ3v) is 5.90. The number of amides is 2. The lowest BCUT2D eigenvalue weighted by atomic mass is 10.0. The van der Waals surface area contributed by atoms with E-state index in [1.54, 1.807) is 26.0 Å². The van der Waals surface area contributed by atoms with Crippen LogP contribution in [0, 0.1) is 0 Å². The average Bonchev–Trinajstić information content (AvgIpc) is 3.16. The number of benzene rings is 1. The summed E-state index contributed by atoms with van der Waals surface area (Å²) in [5.74, 6) is -0.433. The van der Waals surface area contributed by atoms with E-state index >= 15 is 0 Å². The number of hydrogen-bond acceptors (Lipinski definition) is 5. The molecule has 1 aromatic carbocycles. The van der Waals surface area contributed by atoms with E-state index in [0.29, 0.717) is 21.6 Å². The fraction of sp³-hybridized carbons (Fsp3) is 0.545. The highest BCUT2D eigenvalue weighted by atomic mass is 35.5. The molecule has 0 aliphatic carbocycles. The van der Waals surface area contributed by atoms with E-state index in [-0.39, 0.29) is 11.8 Å². The van der Waals surface area contributed by atoms with Crippen LogP contribution >= 0.6 is 22.9 Å². The van der Waals surface area contributed by atoms with Gasteiger partial charge in [-0.25, -0.2) is 0 Å². The van der Waals surface area contributed by atoms with Gasteiger partial charge >= 0.3 is 0 Å². The van der Waals surface area contributed by atoms with E-state index in [1.165, 1.54) is 37.0 Å². The first-order valence-electron chi connectivity index (χ1n) is 10.5. The number of unbranched alkanes of at least 4 members (excludes halogenated alkanes) is 6. The molecule has 2 rings (SSSR count). The van der Waals surface area contributed by atoms with Gasteiger partial charge in [0.25, 0.3) is 5.91 Å². The van der Waals surface area contributed by atoms with Gasteiger partial charge in [-0.1, -0.05) is 80.5 Å². The van der Waals surface area contributed by atoms with Gasteiger partial charge in [0.05, 0.1) is 0 Å². The zero-order valence-corrected chi connectivity index (χ0v) is 19.5. The van der Waals surface area contributed by atoms with Crippen LogP contribution in [0.5, 0.6) is 0 Å². The van der Waals surface area contributed by atoms with Crippen LogP contribution in [0.2, 0.25) is 5.02 Å². The topological polar surface area (TPSA) is 84.0 Å². The highest BCUT2D eigenvalue weighted by molar-refractivity contribution is 7.18. The van der Waals surface area contributed by atoms with Gasteiger partial charge in [-0.15, -0.1) is 10.2 Å². The first-order chi connectivity index (χ1) is 14.3. The number of nitrogens with zero attached hydrogens (tertiary/aromatic N) is 2.